The van der Waals surface area contributed by atoms with E-state index in [1.54, 1.807) is 37.4 Å². The molecule has 2 aromatic rings. The van der Waals surface area contributed by atoms with Crippen molar-refractivity contribution in [1.82, 2.24) is 4.57 Å². The molecule has 6 nitrogen and oxygen atoms in total. The molecule has 0 radical (unpaired) electrons. The maximum atomic E-state index is 12.5. The molecule has 156 valence electrons. The summed E-state index contributed by atoms with van der Waals surface area (Å²) >= 11 is 5.80. The van der Waals surface area contributed by atoms with Gasteiger partial charge in [0.15, 0.2) is 12.4 Å². The first kappa shape index (κ1) is 22.8. The van der Waals surface area contributed by atoms with Crippen LogP contribution in [0.15, 0.2) is 30.3 Å². The lowest BCUT2D eigenvalue weighted by molar-refractivity contribution is -0.142. The van der Waals surface area contributed by atoms with Crippen molar-refractivity contribution >= 4 is 29.1 Å². The van der Waals surface area contributed by atoms with Gasteiger partial charge in [-0.1, -0.05) is 11.6 Å². The molecule has 0 bridgehead atoms. The number of Topliss-reactive ketones (excluding diaryl/α,β-unsaturated/α-hetero) is 2. The standard InChI is InChI=1S/C22H26ClNO5/c1-14-11-19(16(3)24(14)15(2)12-28-4)21(26)13-29-22(27)10-9-20(25)17-5-7-18(23)8-6-17/h5-8,11,15H,9-10,12-13H2,1-4H3. The van der Waals surface area contributed by atoms with Gasteiger partial charge in [-0.15, -0.1) is 0 Å². The second-order valence-electron chi connectivity index (χ2n) is 6.97. The minimum Gasteiger partial charge on any atom is -0.457 e. The molecule has 0 saturated heterocycles. The molecular weight excluding hydrogens is 394 g/mol. The third-order valence-corrected chi connectivity index (χ3v) is 4.97. The predicted molar refractivity (Wildman–Crippen MR) is 111 cm³/mol. The van der Waals surface area contributed by atoms with Crippen LogP contribution in [0.2, 0.25) is 5.02 Å². The molecule has 0 aliphatic carbocycles. The molecule has 1 aromatic heterocycles. The van der Waals surface area contributed by atoms with E-state index in [9.17, 15) is 14.4 Å². The van der Waals surface area contributed by atoms with Gasteiger partial charge in [0.1, 0.15) is 0 Å². The number of ether oxygens (including phenoxy) is 2. The molecule has 29 heavy (non-hydrogen) atoms. The van der Waals surface area contributed by atoms with Crippen LogP contribution in [0.4, 0.5) is 0 Å². The monoisotopic (exact) mass is 419 g/mol. The first-order valence-corrected chi connectivity index (χ1v) is 9.77. The minimum atomic E-state index is -0.581. The van der Waals surface area contributed by atoms with Crippen LogP contribution < -0.4 is 0 Å². The SMILES string of the molecule is COCC(C)n1c(C)cc(C(=O)COC(=O)CCC(=O)c2ccc(Cl)cc2)c1C. The van der Waals surface area contributed by atoms with Gasteiger partial charge in [0.05, 0.1) is 19.1 Å². The van der Waals surface area contributed by atoms with Gasteiger partial charge >= 0.3 is 5.97 Å². The predicted octanol–water partition coefficient (Wildman–Crippen LogP) is 4.35. The maximum absolute atomic E-state index is 12.5. The Kier molecular flexibility index (Phi) is 8.17. The van der Waals surface area contributed by atoms with E-state index in [-0.39, 0.29) is 37.1 Å². The Bertz CT molecular complexity index is 885. The van der Waals surface area contributed by atoms with Crippen molar-refractivity contribution in [3.63, 3.8) is 0 Å². The molecule has 0 amide bonds. The molecule has 0 fully saturated rings. The largest absolute Gasteiger partial charge is 0.457 e. The Morgan fingerprint density at radius 1 is 1.07 bits per heavy atom. The van der Waals surface area contributed by atoms with Crippen LogP contribution in [0.5, 0.6) is 0 Å². The van der Waals surface area contributed by atoms with Gasteiger partial charge in [-0.05, 0) is 51.1 Å². The number of carbonyl (C=O) groups excluding carboxylic acids is 3. The summed E-state index contributed by atoms with van der Waals surface area (Å²) in [5.41, 5.74) is 2.76. The highest BCUT2D eigenvalue weighted by atomic mass is 35.5. The molecule has 1 unspecified atom stereocenters. The van der Waals surface area contributed by atoms with Crippen molar-refractivity contribution in [2.75, 3.05) is 20.3 Å². The van der Waals surface area contributed by atoms with Crippen LogP contribution in [0.25, 0.3) is 0 Å². The number of nitrogens with zero attached hydrogens (tertiary/aromatic N) is 1. The average Bonchev–Trinajstić information content (AvgIpc) is 2.99. The second kappa shape index (κ2) is 10.4. The fourth-order valence-corrected chi connectivity index (χ4v) is 3.47. The number of aryl methyl sites for hydroxylation is 1. The van der Waals surface area contributed by atoms with E-state index in [0.29, 0.717) is 22.8 Å². The Morgan fingerprint density at radius 3 is 2.34 bits per heavy atom. The molecular formula is C22H26ClNO5. The number of esters is 1. The summed E-state index contributed by atoms with van der Waals surface area (Å²) < 4.78 is 12.3. The highest BCUT2D eigenvalue weighted by Gasteiger charge is 2.20. The fraction of sp³-hybridized carbons (Fsp3) is 0.409. The van der Waals surface area contributed by atoms with E-state index in [2.05, 4.69) is 0 Å². The summed E-state index contributed by atoms with van der Waals surface area (Å²) in [5.74, 6) is -1.03. The molecule has 1 heterocycles. The van der Waals surface area contributed by atoms with E-state index in [1.165, 1.54) is 0 Å². The zero-order chi connectivity index (χ0) is 21.6. The van der Waals surface area contributed by atoms with E-state index >= 15 is 0 Å². The van der Waals surface area contributed by atoms with Crippen molar-refractivity contribution in [3.05, 3.63) is 57.9 Å². The summed E-state index contributed by atoms with van der Waals surface area (Å²) in [4.78, 5) is 36.5. The van der Waals surface area contributed by atoms with Gasteiger partial charge in [-0.2, -0.15) is 0 Å². The third-order valence-electron chi connectivity index (χ3n) is 4.72. The average molecular weight is 420 g/mol. The van der Waals surface area contributed by atoms with Crippen molar-refractivity contribution in [2.45, 2.75) is 39.7 Å². The first-order valence-electron chi connectivity index (χ1n) is 9.39. The minimum absolute atomic E-state index is 0.0116. The number of rotatable bonds is 10. The Balaban J connectivity index is 1.88. The number of benzene rings is 1. The maximum Gasteiger partial charge on any atom is 0.306 e. The fourth-order valence-electron chi connectivity index (χ4n) is 3.35. The van der Waals surface area contributed by atoms with Gasteiger partial charge < -0.3 is 14.0 Å². The van der Waals surface area contributed by atoms with Crippen LogP contribution in [0.3, 0.4) is 0 Å². The lowest BCUT2D eigenvalue weighted by atomic mass is 10.1. The normalized spacial score (nSPS) is 11.9. The van der Waals surface area contributed by atoms with Crippen LogP contribution in [-0.2, 0) is 14.3 Å². The topological polar surface area (TPSA) is 74.6 Å². The zero-order valence-corrected chi connectivity index (χ0v) is 17.9. The number of halogens is 1. The van der Waals surface area contributed by atoms with E-state index in [1.807, 2.05) is 25.3 Å². The van der Waals surface area contributed by atoms with Crippen molar-refractivity contribution < 1.29 is 23.9 Å². The van der Waals surface area contributed by atoms with E-state index in [0.717, 1.165) is 11.4 Å². The Hall–Kier alpha value is -2.44. The summed E-state index contributed by atoms with van der Waals surface area (Å²) in [6.45, 7) is 5.97. The summed E-state index contributed by atoms with van der Waals surface area (Å²) in [5, 5.41) is 0.537. The quantitative estimate of drug-likeness (QED) is 0.422. The molecule has 0 spiro atoms. The Labute approximate surface area is 175 Å². The van der Waals surface area contributed by atoms with Crippen LogP contribution in [-0.4, -0.2) is 42.4 Å². The molecule has 7 heteroatoms. The van der Waals surface area contributed by atoms with E-state index < -0.39 is 5.97 Å². The van der Waals surface area contributed by atoms with Gasteiger partial charge in [0, 0.05) is 41.1 Å². The molecule has 0 saturated carbocycles. The highest BCUT2D eigenvalue weighted by molar-refractivity contribution is 6.30. The van der Waals surface area contributed by atoms with Crippen LogP contribution in [0, 0.1) is 13.8 Å². The lowest BCUT2D eigenvalue weighted by Crippen LogP contribution is -2.17. The smallest absolute Gasteiger partial charge is 0.306 e. The molecule has 0 aliphatic heterocycles. The molecule has 0 aliphatic rings. The number of carbonyl (C=O) groups is 3. The number of hydrogen-bond acceptors (Lipinski definition) is 5. The van der Waals surface area contributed by atoms with Gasteiger partial charge in [0.2, 0.25) is 5.78 Å². The van der Waals surface area contributed by atoms with Crippen LogP contribution in [0.1, 0.15) is 57.9 Å². The van der Waals surface area contributed by atoms with E-state index in [4.69, 9.17) is 21.1 Å². The van der Waals surface area contributed by atoms with Crippen molar-refractivity contribution in [1.29, 1.82) is 0 Å². The summed E-state index contributed by atoms with van der Waals surface area (Å²) in [7, 11) is 1.63. The summed E-state index contributed by atoms with van der Waals surface area (Å²) in [6.07, 6.45) is -0.0731. The van der Waals surface area contributed by atoms with Gasteiger partial charge in [-0.3, -0.25) is 14.4 Å². The van der Waals surface area contributed by atoms with Gasteiger partial charge in [0.25, 0.3) is 0 Å². The lowest BCUT2D eigenvalue weighted by Gasteiger charge is -2.17. The molecule has 1 atom stereocenters. The molecule has 2 rings (SSSR count). The summed E-state index contributed by atoms with van der Waals surface area (Å²) in [6, 6.07) is 8.34. The first-order chi connectivity index (χ1) is 13.7. The third kappa shape index (κ3) is 6.02. The molecule has 0 N–H and O–H groups in total. The number of aromatic nitrogens is 1. The highest BCUT2D eigenvalue weighted by Crippen LogP contribution is 2.21. The van der Waals surface area contributed by atoms with Crippen molar-refractivity contribution in [2.24, 2.45) is 0 Å². The number of hydrogen-bond donors (Lipinski definition) is 0. The second-order valence-corrected chi connectivity index (χ2v) is 7.41. The zero-order valence-electron chi connectivity index (χ0n) is 17.2. The van der Waals surface area contributed by atoms with Gasteiger partial charge in [-0.25, -0.2) is 0 Å². The van der Waals surface area contributed by atoms with Crippen LogP contribution >= 0.6 is 11.6 Å². The number of ketones is 2. The number of methoxy groups -OCH3 is 1. The van der Waals surface area contributed by atoms with Crippen molar-refractivity contribution in [3.8, 4) is 0 Å². The Morgan fingerprint density at radius 2 is 1.72 bits per heavy atom. The molecule has 1 aromatic carbocycles.